The van der Waals surface area contributed by atoms with Crippen LogP contribution in [0.5, 0.6) is 5.75 Å². The number of sulfonamides is 1. The van der Waals surface area contributed by atoms with Crippen molar-refractivity contribution in [2.45, 2.75) is 21.8 Å². The number of hydrogen-bond donors (Lipinski definition) is 1. The van der Waals surface area contributed by atoms with Gasteiger partial charge in [0, 0.05) is 15.7 Å². The van der Waals surface area contributed by atoms with Crippen LogP contribution in [0.15, 0.2) is 103 Å². The first kappa shape index (κ1) is 19.3. The van der Waals surface area contributed by atoms with Gasteiger partial charge in [0.15, 0.2) is 5.75 Å². The highest BCUT2D eigenvalue weighted by atomic mass is 32.2. The molecular formula is C22H17NO4S2. The Hall–Kier alpha value is -3.03. The molecule has 0 unspecified atom stereocenters. The molecule has 1 aromatic heterocycles. The molecule has 1 heterocycles. The second-order valence-electron chi connectivity index (χ2n) is 6.38. The standard InChI is InChI=1S/C22H17NO4S2/c1-15-11-13-17(14-12-15)29(25,26)23-21-19-10-6-5-9-18(19)20(24)22(27-21)28-16-7-3-2-4-8-16/h2-14,24H,1H3/b23-21-. The van der Waals surface area contributed by atoms with Crippen molar-refractivity contribution in [1.29, 1.82) is 0 Å². The van der Waals surface area contributed by atoms with Gasteiger partial charge in [-0.15, -0.1) is 4.40 Å². The van der Waals surface area contributed by atoms with Crippen molar-refractivity contribution < 1.29 is 17.9 Å². The van der Waals surface area contributed by atoms with Crippen LogP contribution in [0.25, 0.3) is 10.8 Å². The van der Waals surface area contributed by atoms with Gasteiger partial charge in [-0.2, -0.15) is 8.42 Å². The van der Waals surface area contributed by atoms with Gasteiger partial charge in [-0.3, -0.25) is 0 Å². The molecule has 29 heavy (non-hydrogen) atoms. The van der Waals surface area contributed by atoms with E-state index in [-0.39, 0.29) is 21.3 Å². The van der Waals surface area contributed by atoms with Gasteiger partial charge < -0.3 is 9.52 Å². The fourth-order valence-electron chi connectivity index (χ4n) is 2.78. The zero-order chi connectivity index (χ0) is 20.4. The number of rotatable bonds is 4. The van der Waals surface area contributed by atoms with Crippen LogP contribution in [-0.2, 0) is 10.0 Å². The molecule has 3 aromatic carbocycles. The van der Waals surface area contributed by atoms with Crippen LogP contribution >= 0.6 is 11.8 Å². The van der Waals surface area contributed by atoms with E-state index in [1.54, 1.807) is 36.4 Å². The molecule has 5 nitrogen and oxygen atoms in total. The van der Waals surface area contributed by atoms with Crippen LogP contribution in [0.2, 0.25) is 0 Å². The van der Waals surface area contributed by atoms with Crippen molar-refractivity contribution in [2.24, 2.45) is 4.40 Å². The van der Waals surface area contributed by atoms with E-state index in [9.17, 15) is 13.5 Å². The van der Waals surface area contributed by atoms with Crippen LogP contribution < -0.4 is 5.55 Å². The second kappa shape index (κ2) is 7.77. The summed E-state index contributed by atoms with van der Waals surface area (Å²) in [6, 6.07) is 22.7. The summed E-state index contributed by atoms with van der Waals surface area (Å²) < 4.78 is 35.3. The Morgan fingerprint density at radius 3 is 2.17 bits per heavy atom. The molecule has 0 radical (unpaired) electrons. The van der Waals surface area contributed by atoms with Gasteiger partial charge in [0.05, 0.1) is 4.90 Å². The molecule has 0 aliphatic heterocycles. The number of fused-ring (bicyclic) bond motifs is 1. The molecule has 0 atom stereocenters. The van der Waals surface area contributed by atoms with Gasteiger partial charge in [0.2, 0.25) is 10.6 Å². The lowest BCUT2D eigenvalue weighted by atomic mass is 10.2. The molecule has 4 rings (SSSR count). The van der Waals surface area contributed by atoms with Crippen molar-refractivity contribution >= 4 is 32.6 Å². The van der Waals surface area contributed by atoms with E-state index in [0.717, 1.165) is 10.5 Å². The first-order valence-corrected chi connectivity index (χ1v) is 11.0. The maximum Gasteiger partial charge on any atom is 0.285 e. The lowest BCUT2D eigenvalue weighted by molar-refractivity contribution is 0.360. The number of aryl methyl sites for hydroxylation is 1. The van der Waals surface area contributed by atoms with Crippen molar-refractivity contribution in [3.8, 4) is 5.75 Å². The van der Waals surface area contributed by atoms with Crippen molar-refractivity contribution in [3.63, 3.8) is 0 Å². The molecule has 146 valence electrons. The lowest BCUT2D eigenvalue weighted by Gasteiger charge is -2.07. The third-order valence-electron chi connectivity index (χ3n) is 4.27. The quantitative estimate of drug-likeness (QED) is 0.506. The summed E-state index contributed by atoms with van der Waals surface area (Å²) in [5.41, 5.74) is 0.877. The molecule has 0 amide bonds. The molecule has 0 spiro atoms. The number of nitrogens with zero attached hydrogens (tertiary/aromatic N) is 1. The summed E-state index contributed by atoms with van der Waals surface area (Å²) >= 11 is 1.20. The Balaban J connectivity index is 1.92. The molecule has 7 heteroatoms. The minimum Gasteiger partial charge on any atom is -0.503 e. The lowest BCUT2D eigenvalue weighted by Crippen LogP contribution is -2.09. The van der Waals surface area contributed by atoms with E-state index in [1.165, 1.54) is 23.9 Å². The van der Waals surface area contributed by atoms with E-state index in [1.807, 2.05) is 37.3 Å². The molecule has 0 fully saturated rings. The van der Waals surface area contributed by atoms with E-state index in [0.29, 0.717) is 10.8 Å². The maximum absolute atomic E-state index is 12.8. The van der Waals surface area contributed by atoms with Crippen LogP contribution in [0.4, 0.5) is 0 Å². The van der Waals surface area contributed by atoms with E-state index < -0.39 is 10.0 Å². The van der Waals surface area contributed by atoms with Gasteiger partial charge in [-0.25, -0.2) is 0 Å². The van der Waals surface area contributed by atoms with Crippen LogP contribution in [0.1, 0.15) is 5.56 Å². The molecule has 0 saturated heterocycles. The van der Waals surface area contributed by atoms with Crippen LogP contribution in [0.3, 0.4) is 0 Å². The number of hydrogen-bond acceptors (Lipinski definition) is 5. The minimum absolute atomic E-state index is 0.0545. The summed E-state index contributed by atoms with van der Waals surface area (Å²) in [6.45, 7) is 1.88. The zero-order valence-corrected chi connectivity index (χ0v) is 17.1. The van der Waals surface area contributed by atoms with E-state index in [2.05, 4.69) is 4.40 Å². The zero-order valence-electron chi connectivity index (χ0n) is 15.4. The fraction of sp³-hybridized carbons (Fsp3) is 0.0455. The van der Waals surface area contributed by atoms with Crippen molar-refractivity contribution in [3.05, 3.63) is 90.0 Å². The Kier molecular flexibility index (Phi) is 5.17. The topological polar surface area (TPSA) is 79.9 Å². The average Bonchev–Trinajstić information content (AvgIpc) is 2.72. The molecular weight excluding hydrogens is 406 g/mol. The Bertz CT molecular complexity index is 1340. The summed E-state index contributed by atoms with van der Waals surface area (Å²) in [7, 11) is -3.98. The highest BCUT2D eigenvalue weighted by Gasteiger charge is 2.17. The van der Waals surface area contributed by atoms with Gasteiger partial charge in [0.1, 0.15) is 0 Å². The number of aromatic hydroxyl groups is 1. The summed E-state index contributed by atoms with van der Waals surface area (Å²) in [6.07, 6.45) is 0. The van der Waals surface area contributed by atoms with Crippen molar-refractivity contribution in [2.75, 3.05) is 0 Å². The molecule has 0 aliphatic rings. The van der Waals surface area contributed by atoms with E-state index >= 15 is 0 Å². The highest BCUT2D eigenvalue weighted by molar-refractivity contribution is 7.99. The Morgan fingerprint density at radius 2 is 1.48 bits per heavy atom. The summed E-state index contributed by atoms with van der Waals surface area (Å²) in [5, 5.41) is 11.7. The molecule has 4 aromatic rings. The van der Waals surface area contributed by atoms with Crippen LogP contribution in [-0.4, -0.2) is 13.5 Å². The van der Waals surface area contributed by atoms with Gasteiger partial charge in [0.25, 0.3) is 10.0 Å². The predicted molar refractivity (Wildman–Crippen MR) is 112 cm³/mol. The largest absolute Gasteiger partial charge is 0.503 e. The Morgan fingerprint density at radius 1 is 0.862 bits per heavy atom. The predicted octanol–water partition coefficient (Wildman–Crippen LogP) is 4.89. The third kappa shape index (κ3) is 4.06. The second-order valence-corrected chi connectivity index (χ2v) is 9.03. The SMILES string of the molecule is Cc1ccc(S(=O)(=O)/N=c2\oc(Sc3ccccc3)c(O)c3ccccc23)cc1. The average molecular weight is 424 g/mol. The number of benzene rings is 3. The smallest absolute Gasteiger partial charge is 0.285 e. The van der Waals surface area contributed by atoms with Crippen molar-refractivity contribution in [1.82, 2.24) is 0 Å². The van der Waals surface area contributed by atoms with Gasteiger partial charge in [-0.1, -0.05) is 54.1 Å². The molecule has 0 aliphatic carbocycles. The molecule has 0 bridgehead atoms. The summed E-state index contributed by atoms with van der Waals surface area (Å²) in [4.78, 5) is 0.918. The highest BCUT2D eigenvalue weighted by Crippen LogP contribution is 2.37. The van der Waals surface area contributed by atoms with E-state index in [4.69, 9.17) is 4.42 Å². The monoisotopic (exact) mass is 423 g/mol. The Labute approximate surface area is 172 Å². The van der Waals surface area contributed by atoms with Gasteiger partial charge >= 0.3 is 0 Å². The van der Waals surface area contributed by atoms with Crippen LogP contribution in [0, 0.1) is 6.92 Å². The normalized spacial score (nSPS) is 12.4. The first-order chi connectivity index (χ1) is 13.9. The fourth-order valence-corrected chi connectivity index (χ4v) is 4.56. The minimum atomic E-state index is -3.98. The summed E-state index contributed by atoms with van der Waals surface area (Å²) in [5.74, 6) is -0.0545. The molecule has 0 saturated carbocycles. The maximum atomic E-state index is 12.8. The molecule has 1 N–H and O–H groups in total. The van der Waals surface area contributed by atoms with Gasteiger partial charge in [-0.05, 0) is 49.0 Å². The third-order valence-corrected chi connectivity index (χ3v) is 6.52. The first-order valence-electron chi connectivity index (χ1n) is 8.79.